The Labute approximate surface area is 174 Å². The molecule has 1 aliphatic heterocycles. The number of aryl methyl sites for hydroxylation is 1. The SMILES string of the molecule is Cc1cnc(C(F)(F)F)nc1-n1cc(CNc2ncc3c(n2)N(C)[C@@H](C)C(=O)N3)cn1. The van der Waals surface area contributed by atoms with Gasteiger partial charge in [-0.1, -0.05) is 0 Å². The molecule has 1 amide bonds. The first-order chi connectivity index (χ1) is 14.6. The highest BCUT2D eigenvalue weighted by molar-refractivity contribution is 6.02. The van der Waals surface area contributed by atoms with Crippen molar-refractivity contribution in [3.05, 3.63) is 41.7 Å². The first-order valence-electron chi connectivity index (χ1n) is 9.23. The van der Waals surface area contributed by atoms with Crippen LogP contribution in [0.5, 0.6) is 0 Å². The first-order valence-corrected chi connectivity index (χ1v) is 9.23. The summed E-state index contributed by atoms with van der Waals surface area (Å²) in [6.45, 7) is 3.65. The van der Waals surface area contributed by atoms with E-state index < -0.39 is 12.0 Å². The Bertz CT molecular complexity index is 1140. The number of carbonyl (C=O) groups excluding carboxylic acids is 1. The van der Waals surface area contributed by atoms with Crippen LogP contribution < -0.4 is 15.5 Å². The van der Waals surface area contributed by atoms with E-state index in [1.807, 2.05) is 0 Å². The van der Waals surface area contributed by atoms with Crippen LogP contribution in [0.15, 0.2) is 24.8 Å². The van der Waals surface area contributed by atoms with Gasteiger partial charge in [0.25, 0.3) is 0 Å². The Morgan fingerprint density at radius 2 is 1.94 bits per heavy atom. The smallest absolute Gasteiger partial charge is 0.350 e. The highest BCUT2D eigenvalue weighted by Crippen LogP contribution is 2.29. The summed E-state index contributed by atoms with van der Waals surface area (Å²) in [5, 5.41) is 9.89. The molecule has 0 aliphatic carbocycles. The maximum absolute atomic E-state index is 12.9. The van der Waals surface area contributed by atoms with Crippen molar-refractivity contribution in [1.82, 2.24) is 29.7 Å². The van der Waals surface area contributed by atoms with Crippen molar-refractivity contribution in [3.63, 3.8) is 0 Å². The minimum atomic E-state index is -4.64. The van der Waals surface area contributed by atoms with Crippen LogP contribution in [0, 0.1) is 6.92 Å². The molecule has 1 aliphatic rings. The standard InChI is InChI=1S/C18H18F3N9O/c1-9-4-22-16(18(19,20)21)27-13(9)30-8-11(6-25-30)5-23-17-24-7-12-14(28-17)29(3)10(2)15(31)26-12/h4,6-8,10H,5H2,1-3H3,(H,26,31)(H,23,24,28)/t10-/m0/s1. The van der Waals surface area contributed by atoms with Crippen molar-refractivity contribution < 1.29 is 18.0 Å². The zero-order valence-electron chi connectivity index (χ0n) is 16.8. The number of hydrogen-bond acceptors (Lipinski definition) is 8. The molecule has 0 radical (unpaired) electrons. The van der Waals surface area contributed by atoms with E-state index in [0.29, 0.717) is 28.6 Å². The van der Waals surface area contributed by atoms with Crippen LogP contribution in [0.2, 0.25) is 0 Å². The number of alkyl halides is 3. The summed E-state index contributed by atoms with van der Waals surface area (Å²) in [6, 6.07) is -0.369. The van der Waals surface area contributed by atoms with Crippen molar-refractivity contribution >= 4 is 23.4 Å². The van der Waals surface area contributed by atoms with Gasteiger partial charge in [-0.15, -0.1) is 0 Å². The molecule has 0 spiro atoms. The average Bonchev–Trinajstić information content (AvgIpc) is 3.19. The number of halogens is 3. The van der Waals surface area contributed by atoms with Gasteiger partial charge in [-0.3, -0.25) is 4.79 Å². The highest BCUT2D eigenvalue weighted by atomic mass is 19.4. The van der Waals surface area contributed by atoms with Gasteiger partial charge in [0, 0.05) is 37.1 Å². The molecule has 1 atom stereocenters. The lowest BCUT2D eigenvalue weighted by atomic mass is 10.2. The molecule has 4 heterocycles. The monoisotopic (exact) mass is 433 g/mol. The van der Waals surface area contributed by atoms with E-state index in [2.05, 4.69) is 35.7 Å². The number of aromatic nitrogens is 6. The number of carbonyl (C=O) groups is 1. The summed E-state index contributed by atoms with van der Waals surface area (Å²) < 4.78 is 40.0. The maximum Gasteiger partial charge on any atom is 0.451 e. The number of likely N-dealkylation sites (N-methyl/N-ethyl adjacent to an activating group) is 1. The largest absolute Gasteiger partial charge is 0.451 e. The van der Waals surface area contributed by atoms with Crippen LogP contribution in [0.3, 0.4) is 0 Å². The fourth-order valence-electron chi connectivity index (χ4n) is 2.96. The number of fused-ring (bicyclic) bond motifs is 1. The van der Waals surface area contributed by atoms with Crippen molar-refractivity contribution in [2.45, 2.75) is 32.6 Å². The van der Waals surface area contributed by atoms with Gasteiger partial charge in [0.15, 0.2) is 11.6 Å². The molecule has 13 heteroatoms. The molecule has 0 bridgehead atoms. The lowest BCUT2D eigenvalue weighted by Crippen LogP contribution is -2.44. The van der Waals surface area contributed by atoms with Gasteiger partial charge in [-0.25, -0.2) is 19.6 Å². The Hall–Kier alpha value is -3.77. The molecule has 0 saturated heterocycles. The predicted molar refractivity (Wildman–Crippen MR) is 105 cm³/mol. The minimum Gasteiger partial charge on any atom is -0.350 e. The second-order valence-electron chi connectivity index (χ2n) is 7.05. The Kier molecular flexibility index (Phi) is 4.95. The molecular weight excluding hydrogens is 415 g/mol. The Balaban J connectivity index is 1.51. The molecule has 10 nitrogen and oxygen atoms in total. The molecule has 0 saturated carbocycles. The van der Waals surface area contributed by atoms with Gasteiger partial charge >= 0.3 is 6.18 Å². The summed E-state index contributed by atoms with van der Waals surface area (Å²) >= 11 is 0. The van der Waals surface area contributed by atoms with E-state index in [-0.39, 0.29) is 24.3 Å². The molecule has 2 N–H and O–H groups in total. The van der Waals surface area contributed by atoms with Crippen molar-refractivity contribution in [2.75, 3.05) is 22.6 Å². The first kappa shape index (κ1) is 20.5. The molecule has 31 heavy (non-hydrogen) atoms. The van der Waals surface area contributed by atoms with Crippen LogP contribution in [0.1, 0.15) is 23.9 Å². The number of nitrogens with zero attached hydrogens (tertiary/aromatic N) is 7. The Morgan fingerprint density at radius 3 is 2.68 bits per heavy atom. The molecule has 3 aromatic heterocycles. The molecular formula is C18H18F3N9O. The normalized spacial score (nSPS) is 16.1. The molecule has 3 aromatic rings. The summed E-state index contributed by atoms with van der Waals surface area (Å²) in [7, 11) is 1.77. The van der Waals surface area contributed by atoms with Crippen molar-refractivity contribution in [2.24, 2.45) is 0 Å². The summed E-state index contributed by atoms with van der Waals surface area (Å²) in [4.78, 5) is 29.2. The number of nitrogens with one attached hydrogen (secondary N) is 2. The number of rotatable bonds is 4. The zero-order valence-corrected chi connectivity index (χ0v) is 16.8. The third-order valence-electron chi connectivity index (χ3n) is 4.82. The van der Waals surface area contributed by atoms with Gasteiger partial charge in [0.1, 0.15) is 11.7 Å². The molecule has 162 valence electrons. The van der Waals surface area contributed by atoms with Crippen LogP contribution in [0.4, 0.5) is 30.6 Å². The van der Waals surface area contributed by atoms with Crippen LogP contribution in [-0.4, -0.2) is 48.7 Å². The van der Waals surface area contributed by atoms with Crippen molar-refractivity contribution in [3.8, 4) is 5.82 Å². The van der Waals surface area contributed by atoms with E-state index in [1.165, 1.54) is 17.1 Å². The fraction of sp³-hybridized carbons (Fsp3) is 0.333. The van der Waals surface area contributed by atoms with E-state index in [1.54, 1.807) is 32.0 Å². The number of hydrogen-bond donors (Lipinski definition) is 2. The minimum absolute atomic E-state index is 0.0463. The quantitative estimate of drug-likeness (QED) is 0.644. The van der Waals surface area contributed by atoms with Gasteiger partial charge in [0.05, 0.1) is 12.4 Å². The number of anilines is 3. The van der Waals surface area contributed by atoms with Crippen LogP contribution in [0.25, 0.3) is 5.82 Å². The van der Waals surface area contributed by atoms with Crippen LogP contribution >= 0.6 is 0 Å². The zero-order chi connectivity index (χ0) is 22.3. The lowest BCUT2D eigenvalue weighted by molar-refractivity contribution is -0.145. The van der Waals surface area contributed by atoms with Gasteiger partial charge in [0.2, 0.25) is 17.7 Å². The van der Waals surface area contributed by atoms with E-state index in [9.17, 15) is 18.0 Å². The number of amides is 1. The predicted octanol–water partition coefficient (Wildman–Crippen LogP) is 2.17. The maximum atomic E-state index is 12.9. The second-order valence-corrected chi connectivity index (χ2v) is 7.05. The van der Waals surface area contributed by atoms with Crippen LogP contribution in [-0.2, 0) is 17.5 Å². The Morgan fingerprint density at radius 1 is 1.16 bits per heavy atom. The summed E-state index contributed by atoms with van der Waals surface area (Å²) in [6.07, 6.45) is 1.05. The van der Waals surface area contributed by atoms with E-state index in [0.717, 1.165) is 6.20 Å². The van der Waals surface area contributed by atoms with Crippen molar-refractivity contribution in [1.29, 1.82) is 0 Å². The molecule has 0 unspecified atom stereocenters. The molecule has 0 aromatic carbocycles. The highest BCUT2D eigenvalue weighted by Gasteiger charge is 2.35. The van der Waals surface area contributed by atoms with Gasteiger partial charge in [-0.2, -0.15) is 23.3 Å². The lowest BCUT2D eigenvalue weighted by Gasteiger charge is -2.31. The molecule has 4 rings (SSSR count). The third-order valence-corrected chi connectivity index (χ3v) is 4.82. The molecule has 0 fully saturated rings. The third kappa shape index (κ3) is 3.98. The van der Waals surface area contributed by atoms with E-state index >= 15 is 0 Å². The average molecular weight is 433 g/mol. The second kappa shape index (κ2) is 7.49. The van der Waals surface area contributed by atoms with Gasteiger partial charge in [-0.05, 0) is 13.8 Å². The summed E-state index contributed by atoms with van der Waals surface area (Å²) in [5.41, 5.74) is 1.65. The fourth-order valence-corrected chi connectivity index (χ4v) is 2.96. The summed E-state index contributed by atoms with van der Waals surface area (Å²) in [5.74, 6) is -0.405. The van der Waals surface area contributed by atoms with Gasteiger partial charge < -0.3 is 15.5 Å². The van der Waals surface area contributed by atoms with E-state index in [4.69, 9.17) is 0 Å². The topological polar surface area (TPSA) is 114 Å².